The topological polar surface area (TPSA) is 38.3 Å². The number of hydrogen-bond donors (Lipinski definition) is 1. The number of halogens is 1. The molecule has 0 atom stereocenters. The standard InChI is InChI=1S/C13H18FNO2/c1-5-17-12(16)15-11-7-6-9(8-10(11)14)13(2,3)4/h6-8H,5H2,1-4H3,(H,15,16). The first-order valence-corrected chi connectivity index (χ1v) is 5.58. The molecule has 1 N–H and O–H groups in total. The molecular formula is C13H18FNO2. The molecule has 1 aromatic rings. The summed E-state index contributed by atoms with van der Waals surface area (Å²) in [6.45, 7) is 7.95. The van der Waals surface area contributed by atoms with Crippen molar-refractivity contribution in [1.82, 2.24) is 0 Å². The molecule has 1 aromatic carbocycles. The van der Waals surface area contributed by atoms with Gasteiger partial charge in [0.25, 0.3) is 0 Å². The van der Waals surface area contributed by atoms with Gasteiger partial charge in [-0.25, -0.2) is 9.18 Å². The Morgan fingerprint density at radius 2 is 2.06 bits per heavy atom. The Balaban J connectivity index is 2.87. The second-order valence-corrected chi connectivity index (χ2v) is 4.79. The third-order valence-electron chi connectivity index (χ3n) is 2.35. The predicted molar refractivity (Wildman–Crippen MR) is 65.7 cm³/mol. The number of anilines is 1. The van der Waals surface area contributed by atoms with Crippen LogP contribution in [0.5, 0.6) is 0 Å². The molecule has 1 rings (SSSR count). The molecule has 0 fully saturated rings. The number of amides is 1. The molecule has 0 unspecified atom stereocenters. The molecule has 4 heteroatoms. The van der Waals surface area contributed by atoms with Crippen LogP contribution in [0.25, 0.3) is 0 Å². The first-order chi connectivity index (χ1) is 7.84. The molecule has 0 heterocycles. The monoisotopic (exact) mass is 239 g/mol. The minimum absolute atomic E-state index is 0.122. The maximum absolute atomic E-state index is 13.7. The van der Waals surface area contributed by atoms with Gasteiger partial charge in [0.2, 0.25) is 0 Å². The summed E-state index contributed by atoms with van der Waals surface area (Å²) < 4.78 is 18.4. The SMILES string of the molecule is CCOC(=O)Nc1ccc(C(C)(C)C)cc1F. The van der Waals surface area contributed by atoms with Gasteiger partial charge in [-0.3, -0.25) is 5.32 Å². The average Bonchev–Trinajstić information content (AvgIpc) is 2.20. The van der Waals surface area contributed by atoms with Gasteiger partial charge in [-0.15, -0.1) is 0 Å². The lowest BCUT2D eigenvalue weighted by Gasteiger charge is -2.19. The van der Waals surface area contributed by atoms with E-state index in [1.165, 1.54) is 6.07 Å². The van der Waals surface area contributed by atoms with E-state index in [0.717, 1.165) is 5.56 Å². The van der Waals surface area contributed by atoms with Crippen molar-refractivity contribution >= 4 is 11.8 Å². The summed E-state index contributed by atoms with van der Waals surface area (Å²) in [5.74, 6) is -0.453. The van der Waals surface area contributed by atoms with Crippen LogP contribution >= 0.6 is 0 Å². The predicted octanol–water partition coefficient (Wildman–Crippen LogP) is 3.69. The third-order valence-corrected chi connectivity index (χ3v) is 2.35. The van der Waals surface area contributed by atoms with Crippen LogP contribution in [-0.4, -0.2) is 12.7 Å². The lowest BCUT2D eigenvalue weighted by Crippen LogP contribution is -2.16. The Bertz CT molecular complexity index is 410. The highest BCUT2D eigenvalue weighted by molar-refractivity contribution is 5.84. The van der Waals surface area contributed by atoms with Gasteiger partial charge in [0.1, 0.15) is 5.82 Å². The van der Waals surface area contributed by atoms with Crippen LogP contribution < -0.4 is 5.32 Å². The van der Waals surface area contributed by atoms with E-state index in [4.69, 9.17) is 0 Å². The zero-order valence-electron chi connectivity index (χ0n) is 10.6. The van der Waals surface area contributed by atoms with E-state index >= 15 is 0 Å². The van der Waals surface area contributed by atoms with Gasteiger partial charge >= 0.3 is 6.09 Å². The van der Waals surface area contributed by atoms with Crippen molar-refractivity contribution in [1.29, 1.82) is 0 Å². The third kappa shape index (κ3) is 3.73. The van der Waals surface area contributed by atoms with Crippen molar-refractivity contribution < 1.29 is 13.9 Å². The van der Waals surface area contributed by atoms with Gasteiger partial charge in [-0.05, 0) is 30.0 Å². The molecule has 1 amide bonds. The first-order valence-electron chi connectivity index (χ1n) is 5.58. The molecule has 94 valence electrons. The summed E-state index contributed by atoms with van der Waals surface area (Å²) in [6, 6.07) is 4.78. The van der Waals surface area contributed by atoms with Crippen molar-refractivity contribution in [2.75, 3.05) is 11.9 Å². The van der Waals surface area contributed by atoms with E-state index in [9.17, 15) is 9.18 Å². The largest absolute Gasteiger partial charge is 0.450 e. The van der Waals surface area contributed by atoms with E-state index in [1.54, 1.807) is 19.1 Å². The van der Waals surface area contributed by atoms with Crippen LogP contribution in [0.2, 0.25) is 0 Å². The minimum Gasteiger partial charge on any atom is -0.450 e. The number of benzene rings is 1. The fourth-order valence-corrected chi connectivity index (χ4v) is 1.36. The van der Waals surface area contributed by atoms with E-state index in [2.05, 4.69) is 10.1 Å². The molecule has 0 spiro atoms. The molecule has 0 bridgehead atoms. The van der Waals surface area contributed by atoms with Crippen molar-refractivity contribution in [2.24, 2.45) is 0 Å². The Labute approximate surface area is 101 Å². The number of carbonyl (C=O) groups excluding carboxylic acids is 1. The summed E-state index contributed by atoms with van der Waals surface area (Å²) in [7, 11) is 0. The van der Waals surface area contributed by atoms with Crippen molar-refractivity contribution in [2.45, 2.75) is 33.1 Å². The smallest absolute Gasteiger partial charge is 0.411 e. The normalized spacial score (nSPS) is 11.1. The quantitative estimate of drug-likeness (QED) is 0.854. The van der Waals surface area contributed by atoms with E-state index in [0.29, 0.717) is 0 Å². The Morgan fingerprint density at radius 3 is 2.53 bits per heavy atom. The summed E-state index contributed by atoms with van der Waals surface area (Å²) in [5, 5.41) is 2.35. The molecule has 0 saturated heterocycles. The highest BCUT2D eigenvalue weighted by Gasteiger charge is 2.16. The molecule has 0 saturated carbocycles. The Kier molecular flexibility index (Phi) is 4.10. The maximum atomic E-state index is 13.7. The van der Waals surface area contributed by atoms with Gasteiger partial charge in [0, 0.05) is 0 Å². The second-order valence-electron chi connectivity index (χ2n) is 4.79. The molecule has 0 aliphatic carbocycles. The number of hydrogen-bond acceptors (Lipinski definition) is 2. The van der Waals surface area contributed by atoms with Gasteiger partial charge in [0.15, 0.2) is 0 Å². The second kappa shape index (κ2) is 5.17. The summed E-state index contributed by atoms with van der Waals surface area (Å²) in [6.07, 6.45) is -0.644. The lowest BCUT2D eigenvalue weighted by molar-refractivity contribution is 0.168. The number of nitrogens with one attached hydrogen (secondary N) is 1. The van der Waals surface area contributed by atoms with Crippen LogP contribution in [0.4, 0.5) is 14.9 Å². The summed E-state index contributed by atoms with van der Waals surface area (Å²) in [5.41, 5.74) is 0.893. The average molecular weight is 239 g/mol. The van der Waals surface area contributed by atoms with Crippen molar-refractivity contribution in [3.8, 4) is 0 Å². The number of ether oxygens (including phenoxy) is 1. The van der Waals surface area contributed by atoms with Gasteiger partial charge in [-0.2, -0.15) is 0 Å². The van der Waals surface area contributed by atoms with Gasteiger partial charge in [0.05, 0.1) is 12.3 Å². The van der Waals surface area contributed by atoms with Crippen molar-refractivity contribution in [3.63, 3.8) is 0 Å². The minimum atomic E-state index is -0.644. The molecule has 3 nitrogen and oxygen atoms in total. The van der Waals surface area contributed by atoms with Crippen LogP contribution in [0.3, 0.4) is 0 Å². The van der Waals surface area contributed by atoms with Gasteiger partial charge in [-0.1, -0.05) is 26.8 Å². The number of carbonyl (C=O) groups is 1. The highest BCUT2D eigenvalue weighted by Crippen LogP contribution is 2.25. The van der Waals surface area contributed by atoms with E-state index < -0.39 is 11.9 Å². The van der Waals surface area contributed by atoms with Crippen molar-refractivity contribution in [3.05, 3.63) is 29.6 Å². The molecule has 17 heavy (non-hydrogen) atoms. The number of rotatable bonds is 2. The van der Waals surface area contributed by atoms with Crippen LogP contribution in [-0.2, 0) is 10.2 Å². The first kappa shape index (κ1) is 13.5. The zero-order chi connectivity index (χ0) is 13.1. The fourth-order valence-electron chi connectivity index (χ4n) is 1.36. The maximum Gasteiger partial charge on any atom is 0.411 e. The van der Waals surface area contributed by atoms with Gasteiger partial charge < -0.3 is 4.74 Å². The fraction of sp³-hybridized carbons (Fsp3) is 0.462. The summed E-state index contributed by atoms with van der Waals surface area (Å²) in [4.78, 5) is 11.1. The van der Waals surface area contributed by atoms with Crippen LogP contribution in [0.1, 0.15) is 33.3 Å². The Morgan fingerprint density at radius 1 is 1.41 bits per heavy atom. The van der Waals surface area contributed by atoms with Crippen LogP contribution in [0.15, 0.2) is 18.2 Å². The molecule has 0 aliphatic rings. The lowest BCUT2D eigenvalue weighted by atomic mass is 9.87. The van der Waals surface area contributed by atoms with E-state index in [1.807, 2.05) is 20.8 Å². The molecule has 0 radical (unpaired) electrons. The van der Waals surface area contributed by atoms with E-state index in [-0.39, 0.29) is 17.7 Å². The summed E-state index contributed by atoms with van der Waals surface area (Å²) >= 11 is 0. The molecule has 0 aliphatic heterocycles. The molecule has 0 aromatic heterocycles. The zero-order valence-corrected chi connectivity index (χ0v) is 10.6. The Hall–Kier alpha value is -1.58. The highest BCUT2D eigenvalue weighted by atomic mass is 19.1. The molecular weight excluding hydrogens is 221 g/mol. The van der Waals surface area contributed by atoms with Crippen LogP contribution in [0, 0.1) is 5.82 Å².